The first-order valence-electron chi connectivity index (χ1n) is 7.28. The highest BCUT2D eigenvalue weighted by atomic mass is 16.5. The molecule has 4 nitrogen and oxygen atoms in total. The lowest BCUT2D eigenvalue weighted by Crippen LogP contribution is -2.29. The van der Waals surface area contributed by atoms with Crippen LogP contribution < -0.4 is 5.32 Å². The fourth-order valence-electron chi connectivity index (χ4n) is 2.57. The summed E-state index contributed by atoms with van der Waals surface area (Å²) in [5, 5.41) is 2.84. The van der Waals surface area contributed by atoms with Crippen LogP contribution in [0.15, 0.2) is 11.6 Å². The maximum absolute atomic E-state index is 12.1. The van der Waals surface area contributed by atoms with Crippen LogP contribution in [0.3, 0.4) is 0 Å². The summed E-state index contributed by atoms with van der Waals surface area (Å²) in [7, 11) is 0. The van der Waals surface area contributed by atoms with Gasteiger partial charge in [-0.1, -0.05) is 25.5 Å². The summed E-state index contributed by atoms with van der Waals surface area (Å²) in [6.07, 6.45) is 2.28. The number of hydrogen-bond acceptors (Lipinski definition) is 3. The van der Waals surface area contributed by atoms with E-state index in [9.17, 15) is 9.59 Å². The molecular weight excluding hydrogens is 254 g/mol. The van der Waals surface area contributed by atoms with Crippen molar-refractivity contribution in [2.24, 2.45) is 17.3 Å². The predicted octanol–water partition coefficient (Wildman–Crippen LogP) is 2.68. The monoisotopic (exact) mass is 281 g/mol. The highest BCUT2D eigenvalue weighted by Crippen LogP contribution is 2.59. The molecule has 1 amide bonds. The minimum absolute atomic E-state index is 0.0125. The minimum atomic E-state index is -0.267. The maximum Gasteiger partial charge on any atom is 0.307 e. The molecule has 1 rings (SSSR count). The standard InChI is InChI=1S/C16H27NO3/c1-10(2)9-12-14(16(12,5)6)15(19)17-8-7-13(18)20-11(3)4/h9,11-12,14H,7-8H2,1-6H3,(H,17,19). The van der Waals surface area contributed by atoms with E-state index in [1.165, 1.54) is 5.57 Å². The molecule has 0 aromatic rings. The van der Waals surface area contributed by atoms with Gasteiger partial charge in [0.1, 0.15) is 0 Å². The Balaban J connectivity index is 2.38. The molecule has 1 aliphatic carbocycles. The highest BCUT2D eigenvalue weighted by molar-refractivity contribution is 5.84. The molecule has 1 fully saturated rings. The van der Waals surface area contributed by atoms with Crippen LogP contribution in [0.5, 0.6) is 0 Å². The van der Waals surface area contributed by atoms with Gasteiger partial charge in [0, 0.05) is 6.54 Å². The predicted molar refractivity (Wildman–Crippen MR) is 79.0 cm³/mol. The first kappa shape index (κ1) is 16.7. The molecule has 20 heavy (non-hydrogen) atoms. The molecule has 0 bridgehead atoms. The zero-order valence-corrected chi connectivity index (χ0v) is 13.4. The third-order valence-electron chi connectivity index (χ3n) is 3.70. The van der Waals surface area contributed by atoms with E-state index in [2.05, 4.69) is 25.2 Å². The van der Waals surface area contributed by atoms with Crippen molar-refractivity contribution in [2.75, 3.05) is 6.54 Å². The van der Waals surface area contributed by atoms with Gasteiger partial charge in [-0.25, -0.2) is 0 Å². The molecule has 0 saturated heterocycles. The Morgan fingerprint density at radius 3 is 2.40 bits per heavy atom. The second-order valence-corrected chi connectivity index (χ2v) is 6.65. The van der Waals surface area contributed by atoms with E-state index in [0.29, 0.717) is 12.5 Å². The number of carbonyl (C=O) groups is 2. The first-order chi connectivity index (χ1) is 9.16. The highest BCUT2D eigenvalue weighted by Gasteiger charge is 2.60. The van der Waals surface area contributed by atoms with E-state index in [1.54, 1.807) is 0 Å². The molecule has 114 valence electrons. The van der Waals surface area contributed by atoms with Crippen LogP contribution in [-0.2, 0) is 14.3 Å². The van der Waals surface area contributed by atoms with Crippen molar-refractivity contribution in [3.8, 4) is 0 Å². The number of nitrogens with one attached hydrogen (secondary N) is 1. The molecule has 4 heteroatoms. The van der Waals surface area contributed by atoms with Crippen LogP contribution in [0, 0.1) is 17.3 Å². The summed E-state index contributed by atoms with van der Waals surface area (Å²) in [4.78, 5) is 23.5. The van der Waals surface area contributed by atoms with Crippen LogP contribution in [0.25, 0.3) is 0 Å². The molecule has 1 aliphatic rings. The van der Waals surface area contributed by atoms with Crippen molar-refractivity contribution in [2.45, 2.75) is 54.1 Å². The van der Waals surface area contributed by atoms with Crippen molar-refractivity contribution in [3.05, 3.63) is 11.6 Å². The number of hydrogen-bond donors (Lipinski definition) is 1. The van der Waals surface area contributed by atoms with E-state index in [0.717, 1.165) is 0 Å². The molecular formula is C16H27NO3. The number of ether oxygens (including phenoxy) is 1. The van der Waals surface area contributed by atoms with Gasteiger partial charge in [0.25, 0.3) is 0 Å². The third kappa shape index (κ3) is 4.36. The molecule has 2 unspecified atom stereocenters. The number of amides is 1. The van der Waals surface area contributed by atoms with Crippen LogP contribution >= 0.6 is 0 Å². The zero-order valence-electron chi connectivity index (χ0n) is 13.4. The van der Waals surface area contributed by atoms with E-state index < -0.39 is 0 Å². The molecule has 0 radical (unpaired) electrons. The first-order valence-corrected chi connectivity index (χ1v) is 7.28. The lowest BCUT2D eigenvalue weighted by atomic mass is 10.1. The van der Waals surface area contributed by atoms with Gasteiger partial charge in [-0.15, -0.1) is 0 Å². The van der Waals surface area contributed by atoms with Gasteiger partial charge in [-0.05, 0) is 39.0 Å². The smallest absolute Gasteiger partial charge is 0.307 e. The Kier molecular flexibility index (Phi) is 5.37. The summed E-state index contributed by atoms with van der Waals surface area (Å²) in [5.74, 6) is 0.0830. The summed E-state index contributed by atoms with van der Waals surface area (Å²) < 4.78 is 5.02. The van der Waals surface area contributed by atoms with Gasteiger partial charge in [0.05, 0.1) is 18.4 Å². The molecule has 1 N–H and O–H groups in total. The van der Waals surface area contributed by atoms with Crippen LogP contribution in [-0.4, -0.2) is 24.5 Å². The number of esters is 1. The van der Waals surface area contributed by atoms with Gasteiger partial charge >= 0.3 is 5.97 Å². The molecule has 0 aromatic carbocycles. The van der Waals surface area contributed by atoms with Gasteiger partial charge in [0.15, 0.2) is 0 Å². The van der Waals surface area contributed by atoms with E-state index in [4.69, 9.17) is 4.74 Å². The summed E-state index contributed by atoms with van der Waals surface area (Å²) in [6.45, 7) is 12.3. The fraction of sp³-hybridized carbons (Fsp3) is 0.750. The molecule has 0 aliphatic heterocycles. The average Bonchev–Trinajstić information content (AvgIpc) is 2.77. The molecule has 0 aromatic heterocycles. The average molecular weight is 281 g/mol. The zero-order chi connectivity index (χ0) is 15.5. The Labute approximate surface area is 122 Å². The lowest BCUT2D eigenvalue weighted by molar-refractivity contribution is -0.147. The van der Waals surface area contributed by atoms with E-state index in [1.807, 2.05) is 27.7 Å². The Hall–Kier alpha value is -1.32. The van der Waals surface area contributed by atoms with Crippen LogP contribution in [0.1, 0.15) is 48.0 Å². The fourth-order valence-corrected chi connectivity index (χ4v) is 2.57. The van der Waals surface area contributed by atoms with E-state index in [-0.39, 0.29) is 35.7 Å². The Morgan fingerprint density at radius 1 is 1.30 bits per heavy atom. The summed E-state index contributed by atoms with van der Waals surface area (Å²) in [6, 6.07) is 0. The lowest BCUT2D eigenvalue weighted by Gasteiger charge is -2.09. The molecule has 2 atom stereocenters. The Morgan fingerprint density at radius 2 is 1.90 bits per heavy atom. The second-order valence-electron chi connectivity index (χ2n) is 6.65. The van der Waals surface area contributed by atoms with Crippen molar-refractivity contribution in [1.29, 1.82) is 0 Å². The van der Waals surface area contributed by atoms with Crippen LogP contribution in [0.2, 0.25) is 0 Å². The summed E-state index contributed by atoms with van der Waals surface area (Å²) >= 11 is 0. The topological polar surface area (TPSA) is 55.4 Å². The van der Waals surface area contributed by atoms with Gasteiger partial charge in [-0.3, -0.25) is 9.59 Å². The third-order valence-corrected chi connectivity index (χ3v) is 3.70. The quantitative estimate of drug-likeness (QED) is 0.601. The van der Waals surface area contributed by atoms with Crippen molar-refractivity contribution in [3.63, 3.8) is 0 Å². The Bertz CT molecular complexity index is 406. The molecule has 0 spiro atoms. The normalized spacial score (nSPS) is 23.1. The number of allylic oxidation sites excluding steroid dienone is 2. The molecule has 1 saturated carbocycles. The second kappa shape index (κ2) is 6.42. The van der Waals surface area contributed by atoms with Crippen LogP contribution in [0.4, 0.5) is 0 Å². The number of rotatable bonds is 6. The minimum Gasteiger partial charge on any atom is -0.463 e. The van der Waals surface area contributed by atoms with Crippen molar-refractivity contribution in [1.82, 2.24) is 5.32 Å². The van der Waals surface area contributed by atoms with Crippen molar-refractivity contribution < 1.29 is 14.3 Å². The van der Waals surface area contributed by atoms with Crippen molar-refractivity contribution >= 4 is 11.9 Å². The molecule has 0 heterocycles. The van der Waals surface area contributed by atoms with Gasteiger partial charge in [0.2, 0.25) is 5.91 Å². The summed E-state index contributed by atoms with van der Waals surface area (Å²) in [5.41, 5.74) is 1.25. The maximum atomic E-state index is 12.1. The van der Waals surface area contributed by atoms with E-state index >= 15 is 0 Å². The van der Waals surface area contributed by atoms with Gasteiger partial charge < -0.3 is 10.1 Å². The van der Waals surface area contributed by atoms with Gasteiger partial charge in [-0.2, -0.15) is 0 Å². The largest absolute Gasteiger partial charge is 0.463 e. The number of carbonyl (C=O) groups excluding carboxylic acids is 2. The SMILES string of the molecule is CC(C)=CC1C(C(=O)NCCC(=O)OC(C)C)C1(C)C.